The van der Waals surface area contributed by atoms with Crippen LogP contribution in [0.15, 0.2) is 53.4 Å². The Morgan fingerprint density at radius 2 is 1.90 bits per heavy atom. The predicted octanol–water partition coefficient (Wildman–Crippen LogP) is 4.55. The minimum absolute atomic E-state index is 0.0441. The van der Waals surface area contributed by atoms with Crippen LogP contribution < -0.4 is 5.32 Å². The molecule has 0 aromatic heterocycles. The van der Waals surface area contributed by atoms with E-state index in [2.05, 4.69) is 17.4 Å². The molecule has 1 atom stereocenters. The molecule has 0 bridgehead atoms. The van der Waals surface area contributed by atoms with Gasteiger partial charge in [0, 0.05) is 15.5 Å². The summed E-state index contributed by atoms with van der Waals surface area (Å²) in [6.45, 7) is 1.97. The van der Waals surface area contributed by atoms with Crippen LogP contribution in [0.3, 0.4) is 0 Å². The van der Waals surface area contributed by atoms with Gasteiger partial charge in [-0.25, -0.2) is 0 Å². The number of halogens is 1. The van der Waals surface area contributed by atoms with Crippen LogP contribution in [0.5, 0.6) is 0 Å². The van der Waals surface area contributed by atoms with E-state index in [-0.39, 0.29) is 11.9 Å². The number of carbonyl (C=O) groups excluding carboxylic acids is 1. The van der Waals surface area contributed by atoms with Gasteiger partial charge in [-0.1, -0.05) is 29.8 Å². The average molecular weight is 306 g/mol. The number of carbonyl (C=O) groups is 1. The summed E-state index contributed by atoms with van der Waals surface area (Å²) >= 11 is 7.59. The van der Waals surface area contributed by atoms with Gasteiger partial charge in [-0.2, -0.15) is 0 Å². The van der Waals surface area contributed by atoms with Crippen LogP contribution in [0.1, 0.15) is 28.9 Å². The van der Waals surface area contributed by atoms with Gasteiger partial charge in [0.05, 0.1) is 6.04 Å². The minimum atomic E-state index is -0.117. The molecule has 104 valence electrons. The molecule has 4 heteroatoms. The Kier molecular flexibility index (Phi) is 5.10. The summed E-state index contributed by atoms with van der Waals surface area (Å²) < 4.78 is 0. The lowest BCUT2D eigenvalue weighted by molar-refractivity contribution is 0.0940. The van der Waals surface area contributed by atoms with Gasteiger partial charge in [0.25, 0.3) is 5.91 Å². The van der Waals surface area contributed by atoms with Crippen LogP contribution in [0, 0.1) is 0 Å². The molecule has 2 nitrogen and oxygen atoms in total. The third-order valence-corrected chi connectivity index (χ3v) is 4.03. The van der Waals surface area contributed by atoms with Crippen LogP contribution in [-0.4, -0.2) is 12.2 Å². The highest BCUT2D eigenvalue weighted by atomic mass is 35.5. The van der Waals surface area contributed by atoms with E-state index in [1.807, 2.05) is 25.3 Å². The Labute approximate surface area is 128 Å². The molecular weight excluding hydrogens is 290 g/mol. The van der Waals surface area contributed by atoms with Gasteiger partial charge in [-0.15, -0.1) is 11.8 Å². The number of hydrogen-bond acceptors (Lipinski definition) is 2. The standard InChI is InChI=1S/C16H16ClNOS/c1-11(12-6-8-15(20-2)9-7-12)18-16(19)13-4-3-5-14(17)10-13/h3-11H,1-2H3,(H,18,19). The van der Waals surface area contributed by atoms with Gasteiger partial charge in [-0.05, 0) is 49.1 Å². The average Bonchev–Trinajstić information content (AvgIpc) is 2.47. The molecule has 0 aliphatic heterocycles. The largest absolute Gasteiger partial charge is 0.346 e. The van der Waals surface area contributed by atoms with Crippen LogP contribution in [0.4, 0.5) is 0 Å². The highest BCUT2D eigenvalue weighted by Gasteiger charge is 2.11. The lowest BCUT2D eigenvalue weighted by Crippen LogP contribution is -2.26. The predicted molar refractivity (Wildman–Crippen MR) is 85.6 cm³/mol. The first-order valence-electron chi connectivity index (χ1n) is 6.30. The SMILES string of the molecule is CSc1ccc(C(C)NC(=O)c2cccc(Cl)c2)cc1. The second-order valence-corrected chi connectivity index (χ2v) is 5.79. The van der Waals surface area contributed by atoms with Gasteiger partial charge in [0.15, 0.2) is 0 Å². The van der Waals surface area contributed by atoms with Crippen molar-refractivity contribution in [3.63, 3.8) is 0 Å². The Hall–Kier alpha value is -1.45. The van der Waals surface area contributed by atoms with Crippen LogP contribution in [0.2, 0.25) is 5.02 Å². The highest BCUT2D eigenvalue weighted by molar-refractivity contribution is 7.98. The molecule has 0 heterocycles. The van der Waals surface area contributed by atoms with Gasteiger partial charge < -0.3 is 5.32 Å². The summed E-state index contributed by atoms with van der Waals surface area (Å²) in [5.41, 5.74) is 1.66. The minimum Gasteiger partial charge on any atom is -0.346 e. The summed E-state index contributed by atoms with van der Waals surface area (Å²) in [5, 5.41) is 3.54. The lowest BCUT2D eigenvalue weighted by Gasteiger charge is -2.15. The smallest absolute Gasteiger partial charge is 0.251 e. The van der Waals surface area contributed by atoms with E-state index in [0.29, 0.717) is 10.6 Å². The van der Waals surface area contributed by atoms with Crippen molar-refractivity contribution in [3.8, 4) is 0 Å². The first kappa shape index (κ1) is 14.9. The molecule has 1 amide bonds. The van der Waals surface area contributed by atoms with E-state index >= 15 is 0 Å². The Morgan fingerprint density at radius 1 is 1.20 bits per heavy atom. The number of thioether (sulfide) groups is 1. The van der Waals surface area contributed by atoms with E-state index in [1.165, 1.54) is 4.90 Å². The molecular formula is C16H16ClNOS. The zero-order chi connectivity index (χ0) is 14.5. The van der Waals surface area contributed by atoms with E-state index in [1.54, 1.807) is 36.0 Å². The van der Waals surface area contributed by atoms with E-state index in [9.17, 15) is 4.79 Å². The summed E-state index contributed by atoms with van der Waals surface area (Å²) in [6.07, 6.45) is 2.04. The number of nitrogens with one attached hydrogen (secondary N) is 1. The Balaban J connectivity index is 2.06. The fourth-order valence-electron chi connectivity index (χ4n) is 1.89. The van der Waals surface area contributed by atoms with E-state index in [4.69, 9.17) is 11.6 Å². The molecule has 0 saturated heterocycles. The van der Waals surface area contributed by atoms with Crippen LogP contribution >= 0.6 is 23.4 Å². The van der Waals surface area contributed by atoms with Crippen molar-refractivity contribution in [2.45, 2.75) is 17.9 Å². The maximum Gasteiger partial charge on any atom is 0.251 e. The third kappa shape index (κ3) is 3.78. The summed E-state index contributed by atoms with van der Waals surface area (Å²) in [6, 6.07) is 15.1. The number of rotatable bonds is 4. The summed E-state index contributed by atoms with van der Waals surface area (Å²) in [7, 11) is 0. The van der Waals surface area contributed by atoms with Gasteiger partial charge >= 0.3 is 0 Å². The first-order valence-corrected chi connectivity index (χ1v) is 7.91. The second kappa shape index (κ2) is 6.82. The van der Waals surface area contributed by atoms with E-state index in [0.717, 1.165) is 5.56 Å². The number of amides is 1. The molecule has 20 heavy (non-hydrogen) atoms. The maximum atomic E-state index is 12.1. The summed E-state index contributed by atoms with van der Waals surface area (Å²) in [5.74, 6) is -0.117. The molecule has 2 rings (SSSR count). The molecule has 0 spiro atoms. The summed E-state index contributed by atoms with van der Waals surface area (Å²) in [4.78, 5) is 13.3. The van der Waals surface area contributed by atoms with Crippen molar-refractivity contribution in [2.24, 2.45) is 0 Å². The normalized spacial score (nSPS) is 11.9. The molecule has 0 aliphatic rings. The lowest BCUT2D eigenvalue weighted by atomic mass is 10.1. The van der Waals surface area contributed by atoms with Crippen molar-refractivity contribution in [3.05, 3.63) is 64.7 Å². The second-order valence-electron chi connectivity index (χ2n) is 4.48. The molecule has 1 N–H and O–H groups in total. The molecule has 0 saturated carbocycles. The third-order valence-electron chi connectivity index (χ3n) is 3.05. The quantitative estimate of drug-likeness (QED) is 0.839. The number of benzene rings is 2. The molecule has 2 aromatic rings. The van der Waals surface area contributed by atoms with Crippen LogP contribution in [-0.2, 0) is 0 Å². The van der Waals surface area contributed by atoms with Crippen LogP contribution in [0.25, 0.3) is 0 Å². The highest BCUT2D eigenvalue weighted by Crippen LogP contribution is 2.19. The zero-order valence-corrected chi connectivity index (χ0v) is 13.0. The topological polar surface area (TPSA) is 29.1 Å². The van der Waals surface area contributed by atoms with Crippen molar-refractivity contribution < 1.29 is 4.79 Å². The monoisotopic (exact) mass is 305 g/mol. The molecule has 0 fully saturated rings. The maximum absolute atomic E-state index is 12.1. The van der Waals surface area contributed by atoms with Gasteiger partial charge in [0.1, 0.15) is 0 Å². The van der Waals surface area contributed by atoms with Crippen molar-refractivity contribution in [1.29, 1.82) is 0 Å². The molecule has 0 radical (unpaired) electrons. The number of hydrogen-bond donors (Lipinski definition) is 1. The van der Waals surface area contributed by atoms with Crippen molar-refractivity contribution in [1.82, 2.24) is 5.32 Å². The van der Waals surface area contributed by atoms with Gasteiger partial charge in [-0.3, -0.25) is 4.79 Å². The van der Waals surface area contributed by atoms with Crippen molar-refractivity contribution in [2.75, 3.05) is 6.26 Å². The van der Waals surface area contributed by atoms with Gasteiger partial charge in [0.2, 0.25) is 0 Å². The molecule has 0 aliphatic carbocycles. The zero-order valence-electron chi connectivity index (χ0n) is 11.4. The fraction of sp³-hybridized carbons (Fsp3) is 0.188. The van der Waals surface area contributed by atoms with E-state index < -0.39 is 0 Å². The van der Waals surface area contributed by atoms with Crippen molar-refractivity contribution >= 4 is 29.3 Å². The first-order chi connectivity index (χ1) is 9.60. The molecule has 2 aromatic carbocycles. The Bertz CT molecular complexity index is 598. The molecule has 1 unspecified atom stereocenters. The fourth-order valence-corrected chi connectivity index (χ4v) is 2.48. The Morgan fingerprint density at radius 3 is 2.50 bits per heavy atom.